The number of nitrogens with one attached hydrogen (secondary N) is 1. The van der Waals surface area contributed by atoms with Gasteiger partial charge < -0.3 is 19.9 Å². The summed E-state index contributed by atoms with van der Waals surface area (Å²) < 4.78 is 10.9. The minimum absolute atomic E-state index is 0.121. The van der Waals surface area contributed by atoms with Crippen molar-refractivity contribution in [3.8, 4) is 0 Å². The molecule has 1 aliphatic carbocycles. The highest BCUT2D eigenvalue weighted by molar-refractivity contribution is 4.98. The standard InChI is InChI=1S/C15H29NO3/c1-14(17,7-8-16-9-11-18-2)13-4-10-19-15(12-13)5-3-6-15/h13,16-17H,3-12H2,1-2H3. The highest BCUT2D eigenvalue weighted by Crippen LogP contribution is 2.47. The van der Waals surface area contributed by atoms with Gasteiger partial charge in [0.25, 0.3) is 0 Å². The van der Waals surface area contributed by atoms with E-state index in [-0.39, 0.29) is 5.60 Å². The van der Waals surface area contributed by atoms with Gasteiger partial charge in [-0.3, -0.25) is 0 Å². The lowest BCUT2D eigenvalue weighted by atomic mass is 9.67. The Bertz CT molecular complexity index is 277. The summed E-state index contributed by atoms with van der Waals surface area (Å²) in [7, 11) is 1.71. The van der Waals surface area contributed by atoms with Gasteiger partial charge in [0.1, 0.15) is 0 Å². The molecule has 0 radical (unpaired) electrons. The molecule has 2 rings (SSSR count). The Morgan fingerprint density at radius 2 is 2.21 bits per heavy atom. The molecular weight excluding hydrogens is 242 g/mol. The number of hydrogen-bond acceptors (Lipinski definition) is 4. The molecule has 0 aromatic carbocycles. The average Bonchev–Trinajstić information content (AvgIpc) is 2.37. The lowest BCUT2D eigenvalue weighted by Crippen LogP contribution is -2.51. The number of rotatable bonds is 7. The van der Waals surface area contributed by atoms with Crippen molar-refractivity contribution in [3.05, 3.63) is 0 Å². The van der Waals surface area contributed by atoms with Gasteiger partial charge in [0, 0.05) is 20.3 Å². The summed E-state index contributed by atoms with van der Waals surface area (Å²) >= 11 is 0. The van der Waals surface area contributed by atoms with Crippen molar-refractivity contribution in [1.82, 2.24) is 5.32 Å². The molecule has 2 N–H and O–H groups in total. The van der Waals surface area contributed by atoms with Crippen LogP contribution < -0.4 is 5.32 Å². The molecule has 112 valence electrons. The number of ether oxygens (including phenoxy) is 2. The topological polar surface area (TPSA) is 50.7 Å². The van der Waals surface area contributed by atoms with Gasteiger partial charge in [-0.05, 0) is 57.9 Å². The van der Waals surface area contributed by atoms with E-state index < -0.39 is 5.60 Å². The van der Waals surface area contributed by atoms with Crippen LogP contribution in [-0.4, -0.2) is 49.7 Å². The van der Waals surface area contributed by atoms with Crippen molar-refractivity contribution in [3.63, 3.8) is 0 Å². The molecule has 2 atom stereocenters. The summed E-state index contributed by atoms with van der Waals surface area (Å²) in [6.07, 6.45) is 6.49. The van der Waals surface area contributed by atoms with Gasteiger partial charge in [0.2, 0.25) is 0 Å². The Morgan fingerprint density at radius 1 is 1.42 bits per heavy atom. The summed E-state index contributed by atoms with van der Waals surface area (Å²) in [6.45, 7) is 5.23. The monoisotopic (exact) mass is 271 g/mol. The fraction of sp³-hybridized carbons (Fsp3) is 1.00. The zero-order valence-electron chi connectivity index (χ0n) is 12.4. The molecule has 1 heterocycles. The summed E-state index contributed by atoms with van der Waals surface area (Å²) in [5, 5.41) is 14.0. The molecule has 19 heavy (non-hydrogen) atoms. The Balaban J connectivity index is 1.74. The molecule has 0 amide bonds. The van der Waals surface area contributed by atoms with Crippen LogP contribution in [-0.2, 0) is 9.47 Å². The predicted octanol–water partition coefficient (Wildman–Crippen LogP) is 1.71. The van der Waals surface area contributed by atoms with Crippen molar-refractivity contribution in [2.24, 2.45) is 5.92 Å². The van der Waals surface area contributed by atoms with Crippen LogP contribution in [0.1, 0.15) is 45.4 Å². The largest absolute Gasteiger partial charge is 0.390 e. The number of methoxy groups -OCH3 is 1. The average molecular weight is 271 g/mol. The maximum Gasteiger partial charge on any atom is 0.0686 e. The highest BCUT2D eigenvalue weighted by atomic mass is 16.5. The Labute approximate surface area is 116 Å². The van der Waals surface area contributed by atoms with Crippen LogP contribution in [0, 0.1) is 5.92 Å². The maximum absolute atomic E-state index is 10.7. The van der Waals surface area contributed by atoms with Crippen LogP contribution in [0.25, 0.3) is 0 Å². The van der Waals surface area contributed by atoms with E-state index in [9.17, 15) is 5.11 Å². The van der Waals surface area contributed by atoms with E-state index in [0.717, 1.165) is 45.6 Å². The van der Waals surface area contributed by atoms with E-state index in [0.29, 0.717) is 5.92 Å². The van der Waals surface area contributed by atoms with Crippen molar-refractivity contribution >= 4 is 0 Å². The molecule has 4 nitrogen and oxygen atoms in total. The summed E-state index contributed by atoms with van der Waals surface area (Å²) in [5.74, 6) is 0.380. The second-order valence-corrected chi connectivity index (χ2v) is 6.42. The predicted molar refractivity (Wildman–Crippen MR) is 75.2 cm³/mol. The van der Waals surface area contributed by atoms with Gasteiger partial charge in [-0.15, -0.1) is 0 Å². The number of hydrogen-bond donors (Lipinski definition) is 2. The summed E-state index contributed by atoms with van der Waals surface area (Å²) in [6, 6.07) is 0. The van der Waals surface area contributed by atoms with E-state index >= 15 is 0 Å². The van der Waals surface area contributed by atoms with Gasteiger partial charge in [-0.1, -0.05) is 0 Å². The van der Waals surface area contributed by atoms with Gasteiger partial charge in [0.15, 0.2) is 0 Å². The van der Waals surface area contributed by atoms with E-state index in [2.05, 4.69) is 5.32 Å². The minimum Gasteiger partial charge on any atom is -0.390 e. The molecule has 0 bridgehead atoms. The second kappa shape index (κ2) is 6.53. The molecule has 0 aromatic rings. The SMILES string of the molecule is COCCNCCC(C)(O)C1CCOC2(CCC2)C1. The summed E-state index contributed by atoms with van der Waals surface area (Å²) in [4.78, 5) is 0. The normalized spacial score (nSPS) is 28.9. The van der Waals surface area contributed by atoms with Crippen molar-refractivity contribution < 1.29 is 14.6 Å². The highest BCUT2D eigenvalue weighted by Gasteiger charge is 2.46. The molecule has 1 saturated carbocycles. The van der Waals surface area contributed by atoms with Crippen molar-refractivity contribution in [1.29, 1.82) is 0 Å². The molecule has 2 unspecified atom stereocenters. The van der Waals surface area contributed by atoms with E-state index in [1.807, 2.05) is 6.92 Å². The third-order valence-electron chi connectivity index (χ3n) is 4.93. The quantitative estimate of drug-likeness (QED) is 0.692. The fourth-order valence-electron chi connectivity index (χ4n) is 3.32. The van der Waals surface area contributed by atoms with Gasteiger partial charge in [0.05, 0.1) is 17.8 Å². The summed E-state index contributed by atoms with van der Waals surface area (Å²) in [5.41, 5.74) is -0.456. The lowest BCUT2D eigenvalue weighted by molar-refractivity contribution is -0.173. The lowest BCUT2D eigenvalue weighted by Gasteiger charge is -2.50. The first-order chi connectivity index (χ1) is 9.08. The van der Waals surface area contributed by atoms with Crippen LogP contribution in [0.4, 0.5) is 0 Å². The van der Waals surface area contributed by atoms with Gasteiger partial charge in [-0.2, -0.15) is 0 Å². The van der Waals surface area contributed by atoms with E-state index in [1.165, 1.54) is 19.3 Å². The van der Waals surface area contributed by atoms with Gasteiger partial charge >= 0.3 is 0 Å². The molecular formula is C15H29NO3. The smallest absolute Gasteiger partial charge is 0.0686 e. The van der Waals surface area contributed by atoms with E-state index in [1.54, 1.807) is 7.11 Å². The van der Waals surface area contributed by atoms with Crippen LogP contribution in [0.3, 0.4) is 0 Å². The molecule has 1 aliphatic heterocycles. The number of aliphatic hydroxyl groups is 1. The minimum atomic E-state index is -0.577. The van der Waals surface area contributed by atoms with Crippen molar-refractivity contribution in [2.45, 2.75) is 56.7 Å². The first-order valence-corrected chi connectivity index (χ1v) is 7.64. The van der Waals surface area contributed by atoms with Crippen molar-refractivity contribution in [2.75, 3.05) is 33.4 Å². The first-order valence-electron chi connectivity index (χ1n) is 7.64. The van der Waals surface area contributed by atoms with Crippen LogP contribution in [0.15, 0.2) is 0 Å². The zero-order chi connectivity index (χ0) is 13.8. The van der Waals surface area contributed by atoms with E-state index in [4.69, 9.17) is 9.47 Å². The second-order valence-electron chi connectivity index (χ2n) is 6.42. The zero-order valence-corrected chi connectivity index (χ0v) is 12.4. The van der Waals surface area contributed by atoms with Crippen LogP contribution in [0.5, 0.6) is 0 Å². The Kier molecular flexibility index (Phi) is 5.23. The molecule has 4 heteroatoms. The molecule has 2 fully saturated rings. The molecule has 1 spiro atoms. The van der Waals surface area contributed by atoms with Gasteiger partial charge in [-0.25, -0.2) is 0 Å². The van der Waals surface area contributed by atoms with Crippen LogP contribution in [0.2, 0.25) is 0 Å². The van der Waals surface area contributed by atoms with Crippen LogP contribution >= 0.6 is 0 Å². The molecule has 0 aromatic heterocycles. The molecule has 2 aliphatic rings. The Hall–Kier alpha value is -0.160. The third-order valence-corrected chi connectivity index (χ3v) is 4.93. The molecule has 1 saturated heterocycles. The Morgan fingerprint density at radius 3 is 2.84 bits per heavy atom. The third kappa shape index (κ3) is 3.91. The fourth-order valence-corrected chi connectivity index (χ4v) is 3.32. The maximum atomic E-state index is 10.7. The first kappa shape index (κ1) is 15.2.